The van der Waals surface area contributed by atoms with E-state index >= 15 is 0 Å². The van der Waals surface area contributed by atoms with E-state index in [0.717, 1.165) is 0 Å². The summed E-state index contributed by atoms with van der Waals surface area (Å²) in [6.07, 6.45) is -4.34. The van der Waals surface area contributed by atoms with E-state index in [1.165, 1.54) is 28.4 Å². The van der Waals surface area contributed by atoms with Gasteiger partial charge in [0.2, 0.25) is 0 Å². The maximum atomic E-state index is 13.5. The lowest BCUT2D eigenvalue weighted by atomic mass is 9.68. The van der Waals surface area contributed by atoms with Gasteiger partial charge >= 0.3 is 0 Å². The number of ketones is 4. The summed E-state index contributed by atoms with van der Waals surface area (Å²) in [5.74, 6) is -3.34. The van der Waals surface area contributed by atoms with Gasteiger partial charge < -0.3 is 18.9 Å². The van der Waals surface area contributed by atoms with Gasteiger partial charge in [-0.1, -0.05) is 60.7 Å². The highest BCUT2D eigenvalue weighted by Gasteiger charge is 2.56. The second-order valence-corrected chi connectivity index (χ2v) is 8.72. The fourth-order valence-electron chi connectivity index (χ4n) is 5.05. The second kappa shape index (κ2) is 12.8. The average molecular weight is 497 g/mol. The third-order valence-electron chi connectivity index (χ3n) is 6.76. The Balaban J connectivity index is 1.89. The van der Waals surface area contributed by atoms with Gasteiger partial charge in [-0.15, -0.1) is 0 Å². The van der Waals surface area contributed by atoms with Gasteiger partial charge in [-0.05, 0) is 0 Å². The number of hydrogen-bond donors (Lipinski definition) is 0. The fraction of sp³-hybridized carbons (Fsp3) is 0.429. The molecule has 0 spiro atoms. The molecular formula is C28H32O8. The van der Waals surface area contributed by atoms with Gasteiger partial charge in [0.1, 0.15) is 11.6 Å². The zero-order valence-electron chi connectivity index (χ0n) is 20.9. The highest BCUT2D eigenvalue weighted by atomic mass is 16.6. The number of hydrogen-bond acceptors (Lipinski definition) is 8. The van der Waals surface area contributed by atoms with Crippen LogP contribution in [-0.4, -0.2) is 76.0 Å². The summed E-state index contributed by atoms with van der Waals surface area (Å²) in [7, 11) is 5.64. The van der Waals surface area contributed by atoms with E-state index in [9.17, 15) is 19.2 Å². The maximum absolute atomic E-state index is 13.5. The molecule has 192 valence electrons. The molecule has 1 aliphatic rings. The molecule has 36 heavy (non-hydrogen) atoms. The Kier molecular flexibility index (Phi) is 9.78. The smallest absolute Gasteiger partial charge is 0.170 e. The van der Waals surface area contributed by atoms with Gasteiger partial charge in [0.25, 0.3) is 0 Å². The number of benzene rings is 2. The molecule has 2 aromatic carbocycles. The predicted molar refractivity (Wildman–Crippen MR) is 131 cm³/mol. The number of ether oxygens (including phenoxy) is 4. The molecule has 0 saturated heterocycles. The standard InChI is InChI=1S/C28H32O8/c1-33-25-23(21(31)15-19(29)17-11-7-5-8-12-17)27(35-3)28(36-4)24(26(25)34-2)22(32)16-20(30)18-13-9-6-10-14-18/h5-14,23-28H,15-16H2,1-4H3. The van der Waals surface area contributed by atoms with E-state index < -0.39 is 47.8 Å². The molecule has 4 unspecified atom stereocenters. The third-order valence-corrected chi connectivity index (χ3v) is 6.76. The first-order valence-electron chi connectivity index (χ1n) is 11.7. The van der Waals surface area contributed by atoms with Crippen LogP contribution >= 0.6 is 0 Å². The molecule has 0 aliphatic heterocycles. The van der Waals surface area contributed by atoms with E-state index in [2.05, 4.69) is 0 Å². The first kappa shape index (κ1) is 27.5. The van der Waals surface area contributed by atoms with Crippen molar-refractivity contribution in [3.05, 3.63) is 71.8 Å². The van der Waals surface area contributed by atoms with Crippen LogP contribution in [0.1, 0.15) is 33.6 Å². The molecule has 0 heterocycles. The summed E-state index contributed by atoms with van der Waals surface area (Å²) in [6.45, 7) is 0. The van der Waals surface area contributed by atoms with E-state index in [-0.39, 0.29) is 24.4 Å². The molecule has 0 N–H and O–H groups in total. The van der Waals surface area contributed by atoms with Crippen molar-refractivity contribution >= 4 is 23.1 Å². The van der Waals surface area contributed by atoms with Gasteiger partial charge in [-0.2, -0.15) is 0 Å². The molecule has 0 bridgehead atoms. The van der Waals surface area contributed by atoms with Crippen LogP contribution < -0.4 is 0 Å². The van der Waals surface area contributed by atoms with Crippen LogP contribution in [0, 0.1) is 11.8 Å². The first-order valence-corrected chi connectivity index (χ1v) is 11.7. The average Bonchev–Trinajstić information content (AvgIpc) is 2.91. The molecule has 0 amide bonds. The van der Waals surface area contributed by atoms with Gasteiger partial charge in [0.05, 0.1) is 49.1 Å². The number of rotatable bonds is 12. The lowest BCUT2D eigenvalue weighted by Crippen LogP contribution is -2.64. The van der Waals surface area contributed by atoms with Crippen molar-refractivity contribution in [2.24, 2.45) is 11.8 Å². The molecule has 1 saturated carbocycles. The topological polar surface area (TPSA) is 105 Å². The van der Waals surface area contributed by atoms with E-state index in [4.69, 9.17) is 18.9 Å². The normalized spacial score (nSPS) is 25.8. The number of carbonyl (C=O) groups excluding carboxylic acids is 4. The molecule has 3 rings (SSSR count). The highest BCUT2D eigenvalue weighted by Crippen LogP contribution is 2.39. The summed E-state index contributed by atoms with van der Waals surface area (Å²) in [6, 6.07) is 17.1. The second-order valence-electron chi connectivity index (χ2n) is 8.72. The molecule has 0 radical (unpaired) electrons. The quantitative estimate of drug-likeness (QED) is 0.326. The number of methoxy groups -OCH3 is 4. The summed E-state index contributed by atoms with van der Waals surface area (Å²) < 4.78 is 22.7. The van der Waals surface area contributed by atoms with Crippen LogP contribution in [0.5, 0.6) is 0 Å². The van der Waals surface area contributed by atoms with Gasteiger partial charge in [0.15, 0.2) is 11.6 Å². The minimum absolute atomic E-state index is 0.333. The van der Waals surface area contributed by atoms with Crippen molar-refractivity contribution in [3.63, 3.8) is 0 Å². The molecular weight excluding hydrogens is 464 g/mol. The van der Waals surface area contributed by atoms with Crippen molar-refractivity contribution in [3.8, 4) is 0 Å². The monoisotopic (exact) mass is 496 g/mol. The van der Waals surface area contributed by atoms with Crippen molar-refractivity contribution in [2.75, 3.05) is 28.4 Å². The Morgan fingerprint density at radius 2 is 0.806 bits per heavy atom. The van der Waals surface area contributed by atoms with Crippen molar-refractivity contribution in [1.29, 1.82) is 0 Å². The van der Waals surface area contributed by atoms with Crippen LogP contribution in [0.2, 0.25) is 0 Å². The first-order chi connectivity index (χ1) is 17.4. The molecule has 1 fully saturated rings. The Bertz CT molecular complexity index is 946. The minimum atomic E-state index is -0.934. The molecule has 1 aliphatic carbocycles. The SMILES string of the molecule is COC1C(OC)C(C(=O)CC(=O)c2ccccc2)C(OC)C(OC)C1C(=O)CC(=O)c1ccccc1. The van der Waals surface area contributed by atoms with E-state index in [0.29, 0.717) is 11.1 Å². The van der Waals surface area contributed by atoms with Crippen LogP contribution in [0.15, 0.2) is 60.7 Å². The Morgan fingerprint density at radius 1 is 0.528 bits per heavy atom. The van der Waals surface area contributed by atoms with Crippen molar-refractivity contribution < 1.29 is 38.1 Å². The summed E-state index contributed by atoms with van der Waals surface area (Å²) in [4.78, 5) is 52.4. The molecule has 8 heteroatoms. The Labute approximate surface area is 210 Å². The van der Waals surface area contributed by atoms with Crippen LogP contribution in [0.4, 0.5) is 0 Å². The molecule has 8 nitrogen and oxygen atoms in total. The number of Topliss-reactive ketones (excluding diaryl/α,β-unsaturated/α-hetero) is 4. The van der Waals surface area contributed by atoms with Crippen molar-refractivity contribution in [2.45, 2.75) is 37.3 Å². The lowest BCUT2D eigenvalue weighted by Gasteiger charge is -2.48. The molecule has 0 aromatic heterocycles. The van der Waals surface area contributed by atoms with E-state index in [1.807, 2.05) is 0 Å². The Morgan fingerprint density at radius 3 is 1.06 bits per heavy atom. The van der Waals surface area contributed by atoms with Gasteiger partial charge in [0, 0.05) is 39.6 Å². The minimum Gasteiger partial charge on any atom is -0.378 e. The molecule has 4 atom stereocenters. The summed E-state index contributed by atoms with van der Waals surface area (Å²) >= 11 is 0. The predicted octanol–water partition coefficient (Wildman–Crippen LogP) is 2.98. The summed E-state index contributed by atoms with van der Waals surface area (Å²) in [5.41, 5.74) is 0.840. The third kappa shape index (κ3) is 5.84. The van der Waals surface area contributed by atoms with Gasteiger partial charge in [-0.3, -0.25) is 19.2 Å². The lowest BCUT2D eigenvalue weighted by molar-refractivity contribution is -0.209. The van der Waals surface area contributed by atoms with Crippen LogP contribution in [0.25, 0.3) is 0 Å². The van der Waals surface area contributed by atoms with Crippen LogP contribution in [0.3, 0.4) is 0 Å². The zero-order valence-corrected chi connectivity index (χ0v) is 20.9. The largest absolute Gasteiger partial charge is 0.378 e. The van der Waals surface area contributed by atoms with Gasteiger partial charge in [-0.25, -0.2) is 0 Å². The maximum Gasteiger partial charge on any atom is 0.170 e. The Hall–Kier alpha value is -3.04. The highest BCUT2D eigenvalue weighted by molar-refractivity contribution is 6.10. The van der Waals surface area contributed by atoms with Crippen LogP contribution in [-0.2, 0) is 28.5 Å². The zero-order chi connectivity index (χ0) is 26.2. The molecule has 2 aromatic rings. The van der Waals surface area contributed by atoms with E-state index in [1.54, 1.807) is 60.7 Å². The fourth-order valence-corrected chi connectivity index (χ4v) is 5.05. The summed E-state index contributed by atoms with van der Waals surface area (Å²) in [5, 5.41) is 0. The number of carbonyl (C=O) groups is 4. The van der Waals surface area contributed by atoms with Crippen molar-refractivity contribution in [1.82, 2.24) is 0 Å².